The first kappa shape index (κ1) is 22.0. The van der Waals surface area contributed by atoms with Crippen LogP contribution in [0.15, 0.2) is 23.1 Å². The van der Waals surface area contributed by atoms with Crippen molar-refractivity contribution in [2.24, 2.45) is 0 Å². The Morgan fingerprint density at radius 2 is 1.86 bits per heavy atom. The number of ether oxygens (including phenoxy) is 3. The normalized spacial score (nSPS) is 24.2. The van der Waals surface area contributed by atoms with E-state index < -0.39 is 10.0 Å². The Hall–Kier alpha value is -1.72. The molecule has 2 heterocycles. The van der Waals surface area contributed by atoms with Gasteiger partial charge in [0.15, 0.2) is 0 Å². The van der Waals surface area contributed by atoms with Gasteiger partial charge in [-0.15, -0.1) is 0 Å². The van der Waals surface area contributed by atoms with E-state index in [-0.39, 0.29) is 48.4 Å². The molecule has 1 N–H and O–H groups in total. The van der Waals surface area contributed by atoms with Gasteiger partial charge in [-0.25, -0.2) is 8.42 Å². The molecule has 0 radical (unpaired) electrons. The molecule has 0 saturated carbocycles. The van der Waals surface area contributed by atoms with Crippen LogP contribution in [0, 0.1) is 0 Å². The first-order valence-electron chi connectivity index (χ1n) is 9.73. The number of carbonyl (C=O) groups is 1. The Kier molecular flexibility index (Phi) is 7.12. The lowest BCUT2D eigenvalue weighted by molar-refractivity contribution is -0.121. The molecule has 162 valence electrons. The second-order valence-corrected chi connectivity index (χ2v) is 9.29. The smallest absolute Gasteiger partial charge is 0.246 e. The molecule has 10 heteroatoms. The van der Waals surface area contributed by atoms with Gasteiger partial charge in [0.1, 0.15) is 10.6 Å². The summed E-state index contributed by atoms with van der Waals surface area (Å²) in [6.07, 6.45) is 0.135. The van der Waals surface area contributed by atoms with E-state index in [1.807, 2.05) is 18.7 Å². The van der Waals surface area contributed by atoms with Crippen molar-refractivity contribution in [3.8, 4) is 5.75 Å². The van der Waals surface area contributed by atoms with E-state index in [9.17, 15) is 13.2 Å². The molecule has 2 aliphatic rings. The molecule has 0 bridgehead atoms. The fourth-order valence-corrected chi connectivity index (χ4v) is 5.29. The van der Waals surface area contributed by atoms with Crippen molar-refractivity contribution < 1.29 is 27.4 Å². The van der Waals surface area contributed by atoms with Crippen molar-refractivity contribution in [3.63, 3.8) is 0 Å². The number of nitrogens with zero attached hydrogens (tertiary/aromatic N) is 2. The van der Waals surface area contributed by atoms with E-state index in [0.29, 0.717) is 32.0 Å². The molecule has 2 unspecified atom stereocenters. The SMILES string of the molecule is COc1ccc(NC(=O)CN2CC(C)OC(C)C2)cc1S(=O)(=O)N1CCOCC1. The van der Waals surface area contributed by atoms with Gasteiger partial charge in [-0.3, -0.25) is 9.69 Å². The van der Waals surface area contributed by atoms with Crippen LogP contribution in [0.1, 0.15) is 13.8 Å². The van der Waals surface area contributed by atoms with E-state index in [0.717, 1.165) is 0 Å². The van der Waals surface area contributed by atoms with Gasteiger partial charge in [0.05, 0.1) is 39.1 Å². The summed E-state index contributed by atoms with van der Waals surface area (Å²) in [5.41, 5.74) is 0.414. The van der Waals surface area contributed by atoms with Crippen molar-refractivity contribution >= 4 is 21.6 Å². The van der Waals surface area contributed by atoms with Gasteiger partial charge in [0, 0.05) is 31.9 Å². The lowest BCUT2D eigenvalue weighted by atomic mass is 10.2. The van der Waals surface area contributed by atoms with Gasteiger partial charge < -0.3 is 19.5 Å². The quantitative estimate of drug-likeness (QED) is 0.716. The van der Waals surface area contributed by atoms with Crippen LogP contribution >= 0.6 is 0 Å². The number of hydrogen-bond acceptors (Lipinski definition) is 7. The van der Waals surface area contributed by atoms with Crippen LogP contribution in [0.5, 0.6) is 5.75 Å². The van der Waals surface area contributed by atoms with Crippen LogP contribution in [0.25, 0.3) is 0 Å². The molecule has 1 aromatic rings. The first-order chi connectivity index (χ1) is 13.8. The lowest BCUT2D eigenvalue weighted by Crippen LogP contribution is -2.48. The molecular formula is C19H29N3O6S. The predicted molar refractivity (Wildman–Crippen MR) is 108 cm³/mol. The maximum Gasteiger partial charge on any atom is 0.246 e. The van der Waals surface area contributed by atoms with Crippen LogP contribution < -0.4 is 10.1 Å². The highest BCUT2D eigenvalue weighted by atomic mass is 32.2. The first-order valence-corrected chi connectivity index (χ1v) is 11.2. The molecule has 9 nitrogen and oxygen atoms in total. The molecule has 3 rings (SSSR count). The van der Waals surface area contributed by atoms with Gasteiger partial charge in [0.2, 0.25) is 15.9 Å². The fraction of sp³-hybridized carbons (Fsp3) is 0.632. The Labute approximate surface area is 171 Å². The summed E-state index contributed by atoms with van der Waals surface area (Å²) in [4.78, 5) is 14.6. The molecule has 1 amide bonds. The topological polar surface area (TPSA) is 97.4 Å². The number of benzene rings is 1. The largest absolute Gasteiger partial charge is 0.495 e. The van der Waals surface area contributed by atoms with Crippen LogP contribution in [0.3, 0.4) is 0 Å². The number of anilines is 1. The summed E-state index contributed by atoms with van der Waals surface area (Å²) in [6.45, 7) is 6.82. The number of nitrogens with one attached hydrogen (secondary N) is 1. The molecule has 2 atom stereocenters. The summed E-state index contributed by atoms with van der Waals surface area (Å²) >= 11 is 0. The Balaban J connectivity index is 1.73. The highest BCUT2D eigenvalue weighted by molar-refractivity contribution is 7.89. The Bertz CT molecular complexity index is 815. The summed E-state index contributed by atoms with van der Waals surface area (Å²) in [6, 6.07) is 4.65. The van der Waals surface area contributed by atoms with E-state index in [2.05, 4.69) is 5.32 Å². The molecule has 2 saturated heterocycles. The number of morpholine rings is 2. The van der Waals surface area contributed by atoms with Gasteiger partial charge in [0.25, 0.3) is 0 Å². The standard InChI is InChI=1S/C19H29N3O6S/c1-14-11-21(12-15(2)28-14)13-19(23)20-16-4-5-17(26-3)18(10-16)29(24,25)22-6-8-27-9-7-22/h4-5,10,14-15H,6-9,11-13H2,1-3H3,(H,20,23). The van der Waals surface area contributed by atoms with Crippen LogP contribution in [-0.4, -0.2) is 88.8 Å². The van der Waals surface area contributed by atoms with Gasteiger partial charge in [-0.05, 0) is 32.0 Å². The highest BCUT2D eigenvalue weighted by Gasteiger charge is 2.30. The van der Waals surface area contributed by atoms with Crippen molar-refractivity contribution in [1.29, 1.82) is 0 Å². The molecule has 0 spiro atoms. The number of methoxy groups -OCH3 is 1. The monoisotopic (exact) mass is 427 g/mol. The maximum absolute atomic E-state index is 13.0. The second-order valence-electron chi connectivity index (χ2n) is 7.38. The van der Waals surface area contributed by atoms with E-state index in [4.69, 9.17) is 14.2 Å². The van der Waals surface area contributed by atoms with Crippen LogP contribution in [0.2, 0.25) is 0 Å². The number of sulfonamides is 1. The number of hydrogen-bond donors (Lipinski definition) is 1. The summed E-state index contributed by atoms with van der Waals surface area (Å²) < 4.78 is 43.7. The average molecular weight is 428 g/mol. The van der Waals surface area contributed by atoms with Gasteiger partial charge in [-0.1, -0.05) is 0 Å². The zero-order valence-corrected chi connectivity index (χ0v) is 17.9. The summed E-state index contributed by atoms with van der Waals surface area (Å²) in [7, 11) is -2.33. The van der Waals surface area contributed by atoms with E-state index in [1.54, 1.807) is 12.1 Å². The van der Waals surface area contributed by atoms with Crippen LogP contribution in [-0.2, 0) is 24.3 Å². The number of amides is 1. The lowest BCUT2D eigenvalue weighted by Gasteiger charge is -2.34. The number of carbonyl (C=O) groups excluding carboxylic acids is 1. The van der Waals surface area contributed by atoms with Gasteiger partial charge in [-0.2, -0.15) is 4.31 Å². The van der Waals surface area contributed by atoms with Crippen molar-refractivity contribution in [2.75, 3.05) is 58.4 Å². The third-order valence-electron chi connectivity index (χ3n) is 4.90. The Morgan fingerprint density at radius 1 is 1.21 bits per heavy atom. The van der Waals surface area contributed by atoms with Crippen molar-refractivity contribution in [3.05, 3.63) is 18.2 Å². The fourth-order valence-electron chi connectivity index (χ4n) is 3.70. The number of rotatable bonds is 6. The highest BCUT2D eigenvalue weighted by Crippen LogP contribution is 2.30. The molecule has 29 heavy (non-hydrogen) atoms. The molecular weight excluding hydrogens is 398 g/mol. The van der Waals surface area contributed by atoms with Crippen molar-refractivity contribution in [2.45, 2.75) is 31.0 Å². The minimum atomic E-state index is -3.75. The molecule has 0 aliphatic carbocycles. The minimum Gasteiger partial charge on any atom is -0.495 e. The summed E-state index contributed by atoms with van der Waals surface area (Å²) in [5.74, 6) is 0.0384. The van der Waals surface area contributed by atoms with Gasteiger partial charge >= 0.3 is 0 Å². The van der Waals surface area contributed by atoms with E-state index in [1.165, 1.54) is 17.5 Å². The summed E-state index contributed by atoms with van der Waals surface area (Å²) in [5, 5.41) is 2.80. The van der Waals surface area contributed by atoms with Crippen LogP contribution in [0.4, 0.5) is 5.69 Å². The molecule has 1 aromatic carbocycles. The predicted octanol–water partition coefficient (Wildman–Crippen LogP) is 0.764. The Morgan fingerprint density at radius 3 is 2.48 bits per heavy atom. The third-order valence-corrected chi connectivity index (χ3v) is 6.82. The average Bonchev–Trinajstić information content (AvgIpc) is 2.67. The molecule has 2 fully saturated rings. The maximum atomic E-state index is 13.0. The zero-order valence-electron chi connectivity index (χ0n) is 17.1. The molecule has 2 aliphatic heterocycles. The second kappa shape index (κ2) is 9.40. The van der Waals surface area contributed by atoms with E-state index >= 15 is 0 Å². The zero-order chi connectivity index (χ0) is 21.0. The minimum absolute atomic E-state index is 0.0355. The van der Waals surface area contributed by atoms with Crippen molar-refractivity contribution in [1.82, 2.24) is 9.21 Å². The molecule has 0 aromatic heterocycles. The third kappa shape index (κ3) is 5.46.